The lowest BCUT2D eigenvalue weighted by molar-refractivity contribution is -0.133. The summed E-state index contributed by atoms with van der Waals surface area (Å²) in [5.41, 5.74) is 1.18. The van der Waals surface area contributed by atoms with Crippen LogP contribution in [0.5, 0.6) is 0 Å². The van der Waals surface area contributed by atoms with Crippen molar-refractivity contribution in [1.29, 1.82) is 5.26 Å². The van der Waals surface area contributed by atoms with Crippen molar-refractivity contribution in [3.05, 3.63) is 29.8 Å². The molecular formula is C16H16N4O4S. The van der Waals surface area contributed by atoms with Gasteiger partial charge in [0, 0.05) is 18.5 Å². The molecule has 1 atom stereocenters. The zero-order valence-corrected chi connectivity index (χ0v) is 14.1. The number of nitrogens with zero attached hydrogens (tertiary/aromatic N) is 3. The number of amides is 2. The molecule has 8 nitrogen and oxygen atoms in total. The molecular weight excluding hydrogens is 344 g/mol. The van der Waals surface area contributed by atoms with Crippen LogP contribution in [0.3, 0.4) is 0 Å². The maximum absolute atomic E-state index is 12.4. The number of nitrogens with one attached hydrogen (secondary N) is 1. The molecule has 9 heteroatoms. The molecule has 2 heterocycles. The first-order chi connectivity index (χ1) is 11.9. The average Bonchev–Trinajstić information content (AvgIpc) is 2.95. The molecule has 2 aliphatic heterocycles. The van der Waals surface area contributed by atoms with E-state index >= 15 is 0 Å². The summed E-state index contributed by atoms with van der Waals surface area (Å²) in [6.45, 7) is 0. The molecule has 0 radical (unpaired) electrons. The number of hydrogen-bond donors (Lipinski definition) is 1. The fourth-order valence-corrected chi connectivity index (χ4v) is 4.51. The number of sulfone groups is 1. The second kappa shape index (κ2) is 6.64. The monoisotopic (exact) mass is 360 g/mol. The van der Waals surface area contributed by atoms with Gasteiger partial charge in [-0.1, -0.05) is 0 Å². The smallest absolute Gasteiger partial charge is 0.271 e. The quantitative estimate of drug-likeness (QED) is 0.849. The number of anilines is 1. The molecule has 0 unspecified atom stereocenters. The minimum Gasteiger partial charge on any atom is -0.321 e. The van der Waals surface area contributed by atoms with Crippen LogP contribution in [-0.2, 0) is 19.4 Å². The van der Waals surface area contributed by atoms with E-state index in [9.17, 15) is 18.0 Å². The van der Waals surface area contributed by atoms with Crippen molar-refractivity contribution in [2.45, 2.75) is 25.3 Å². The first-order valence-corrected chi connectivity index (χ1v) is 9.61. The summed E-state index contributed by atoms with van der Waals surface area (Å²) in [5, 5.41) is 16.7. The topological polar surface area (TPSA) is 120 Å². The van der Waals surface area contributed by atoms with Crippen LogP contribution < -0.4 is 5.32 Å². The Hall–Kier alpha value is -2.73. The molecule has 0 spiro atoms. The minimum atomic E-state index is -3.15. The molecule has 0 aromatic heterocycles. The fraction of sp³-hybridized carbons (Fsp3) is 0.375. The molecule has 1 saturated heterocycles. The molecule has 1 fully saturated rings. The van der Waals surface area contributed by atoms with Gasteiger partial charge in [0.1, 0.15) is 5.71 Å². The third-order valence-electron chi connectivity index (χ3n) is 4.15. The van der Waals surface area contributed by atoms with Crippen molar-refractivity contribution in [3.63, 3.8) is 0 Å². The van der Waals surface area contributed by atoms with Gasteiger partial charge in [-0.2, -0.15) is 10.4 Å². The van der Waals surface area contributed by atoms with E-state index in [1.807, 2.05) is 6.07 Å². The molecule has 1 aromatic rings. The molecule has 2 aliphatic rings. The Morgan fingerprint density at radius 2 is 2.00 bits per heavy atom. The lowest BCUT2D eigenvalue weighted by Gasteiger charge is -2.27. The van der Waals surface area contributed by atoms with Crippen molar-refractivity contribution in [3.8, 4) is 6.07 Å². The number of hydrogen-bond acceptors (Lipinski definition) is 6. The molecule has 1 aromatic carbocycles. The van der Waals surface area contributed by atoms with Crippen LogP contribution in [0.1, 0.15) is 24.8 Å². The first-order valence-electron chi connectivity index (χ1n) is 7.79. The Balaban J connectivity index is 1.74. The Labute approximate surface area is 145 Å². The first kappa shape index (κ1) is 17.1. The summed E-state index contributed by atoms with van der Waals surface area (Å²) in [4.78, 5) is 24.4. The van der Waals surface area contributed by atoms with Gasteiger partial charge >= 0.3 is 0 Å². The highest BCUT2D eigenvalue weighted by Gasteiger charge is 2.37. The Kier molecular flexibility index (Phi) is 4.55. The Morgan fingerprint density at radius 1 is 1.28 bits per heavy atom. The Morgan fingerprint density at radius 3 is 2.60 bits per heavy atom. The van der Waals surface area contributed by atoms with Crippen LogP contribution in [0, 0.1) is 11.3 Å². The van der Waals surface area contributed by atoms with Crippen LogP contribution in [-0.4, -0.2) is 48.5 Å². The molecule has 2 amide bonds. The zero-order valence-electron chi connectivity index (χ0n) is 13.3. The van der Waals surface area contributed by atoms with Gasteiger partial charge in [0.15, 0.2) is 9.84 Å². The second-order valence-corrected chi connectivity index (χ2v) is 8.21. The van der Waals surface area contributed by atoms with E-state index in [1.165, 1.54) is 0 Å². The van der Waals surface area contributed by atoms with Crippen LogP contribution in [0.15, 0.2) is 29.4 Å². The van der Waals surface area contributed by atoms with Gasteiger partial charge in [-0.15, -0.1) is 0 Å². The Bertz CT molecular complexity index is 884. The third-order valence-corrected chi connectivity index (χ3v) is 5.90. The van der Waals surface area contributed by atoms with Crippen LogP contribution in [0.2, 0.25) is 0 Å². The molecule has 3 rings (SSSR count). The predicted octanol–water partition coefficient (Wildman–Crippen LogP) is 0.662. The van der Waals surface area contributed by atoms with Gasteiger partial charge in [-0.3, -0.25) is 9.59 Å². The van der Waals surface area contributed by atoms with E-state index in [0.29, 0.717) is 17.7 Å². The van der Waals surface area contributed by atoms with Crippen LogP contribution >= 0.6 is 0 Å². The fourth-order valence-electron chi connectivity index (χ4n) is 2.82. The van der Waals surface area contributed by atoms with Gasteiger partial charge in [0.25, 0.3) is 5.91 Å². The van der Waals surface area contributed by atoms with Crippen LogP contribution in [0.25, 0.3) is 0 Å². The summed E-state index contributed by atoms with van der Waals surface area (Å²) in [6.07, 6.45) is 0.662. The van der Waals surface area contributed by atoms with Gasteiger partial charge < -0.3 is 5.32 Å². The number of carbonyl (C=O) groups excluding carboxylic acids is 2. The maximum Gasteiger partial charge on any atom is 0.271 e. The minimum absolute atomic E-state index is 0.0315. The van der Waals surface area contributed by atoms with Gasteiger partial charge in [-0.25, -0.2) is 13.4 Å². The number of hydrazone groups is 1. The predicted molar refractivity (Wildman–Crippen MR) is 90.4 cm³/mol. The third kappa shape index (κ3) is 3.85. The standard InChI is InChI=1S/C16H16N4O4S/c17-9-11-1-3-12(4-2-11)18-16(22)14-5-6-15(21)20(19-14)13-7-8-25(23,24)10-13/h1-4,13H,5-8,10H2,(H,18,22)/t13-/m0/s1. The molecule has 25 heavy (non-hydrogen) atoms. The SMILES string of the molecule is N#Cc1ccc(NC(=O)C2=NN([C@H]3CCS(=O)(=O)C3)C(=O)CC2)cc1. The van der Waals surface area contributed by atoms with E-state index in [4.69, 9.17) is 5.26 Å². The highest BCUT2D eigenvalue weighted by Crippen LogP contribution is 2.22. The highest BCUT2D eigenvalue weighted by molar-refractivity contribution is 7.91. The van der Waals surface area contributed by atoms with E-state index in [-0.39, 0.29) is 36.0 Å². The van der Waals surface area contributed by atoms with E-state index in [2.05, 4.69) is 10.4 Å². The average molecular weight is 360 g/mol. The van der Waals surface area contributed by atoms with Crippen molar-refractivity contribution in [2.24, 2.45) is 5.10 Å². The van der Waals surface area contributed by atoms with Gasteiger partial charge in [0.2, 0.25) is 5.91 Å². The lowest BCUT2D eigenvalue weighted by atomic mass is 10.1. The van der Waals surface area contributed by atoms with E-state index in [0.717, 1.165) is 5.01 Å². The number of benzene rings is 1. The normalized spacial score (nSPS) is 22.2. The maximum atomic E-state index is 12.4. The highest BCUT2D eigenvalue weighted by atomic mass is 32.2. The van der Waals surface area contributed by atoms with Crippen molar-refractivity contribution in [2.75, 3.05) is 16.8 Å². The van der Waals surface area contributed by atoms with Gasteiger partial charge in [-0.05, 0) is 30.7 Å². The van der Waals surface area contributed by atoms with Crippen LogP contribution in [0.4, 0.5) is 5.69 Å². The van der Waals surface area contributed by atoms with Crippen molar-refractivity contribution < 1.29 is 18.0 Å². The molecule has 0 bridgehead atoms. The van der Waals surface area contributed by atoms with E-state index < -0.39 is 21.8 Å². The molecule has 0 aliphatic carbocycles. The number of carbonyl (C=O) groups is 2. The lowest BCUT2D eigenvalue weighted by Crippen LogP contribution is -2.42. The summed E-state index contributed by atoms with van der Waals surface area (Å²) >= 11 is 0. The molecule has 0 saturated carbocycles. The van der Waals surface area contributed by atoms with E-state index in [1.54, 1.807) is 24.3 Å². The number of rotatable bonds is 3. The largest absolute Gasteiger partial charge is 0.321 e. The number of nitriles is 1. The summed E-state index contributed by atoms with van der Waals surface area (Å²) in [6, 6.07) is 7.85. The molecule has 130 valence electrons. The molecule has 1 N–H and O–H groups in total. The zero-order chi connectivity index (χ0) is 18.0. The van der Waals surface area contributed by atoms with Gasteiger partial charge in [0.05, 0.1) is 29.2 Å². The van der Waals surface area contributed by atoms with Crippen molar-refractivity contribution >= 4 is 33.1 Å². The summed E-state index contributed by atoms with van der Waals surface area (Å²) in [7, 11) is -3.15. The van der Waals surface area contributed by atoms with Crippen molar-refractivity contribution in [1.82, 2.24) is 5.01 Å². The second-order valence-electron chi connectivity index (χ2n) is 5.99. The summed E-state index contributed by atoms with van der Waals surface area (Å²) < 4.78 is 23.2. The summed E-state index contributed by atoms with van der Waals surface area (Å²) in [5.74, 6) is -0.795.